The highest BCUT2D eigenvalue weighted by molar-refractivity contribution is 7.99. The number of nitrogens with one attached hydrogen (secondary N) is 2. The van der Waals surface area contributed by atoms with Crippen LogP contribution in [0.15, 0.2) is 77.7 Å². The van der Waals surface area contributed by atoms with Crippen LogP contribution in [-0.4, -0.2) is 11.7 Å². The van der Waals surface area contributed by atoms with Crippen LogP contribution in [0, 0.1) is 6.92 Å². The van der Waals surface area contributed by atoms with Gasteiger partial charge in [-0.15, -0.1) is 0 Å². The molecule has 138 valence electrons. The van der Waals surface area contributed by atoms with Gasteiger partial charge in [-0.25, -0.2) is 0 Å². The maximum atomic E-state index is 12.8. The van der Waals surface area contributed by atoms with Gasteiger partial charge in [0.1, 0.15) is 0 Å². The van der Waals surface area contributed by atoms with Gasteiger partial charge < -0.3 is 10.6 Å². The number of para-hydroxylation sites is 2. The summed E-state index contributed by atoms with van der Waals surface area (Å²) in [6, 6.07) is 21.3. The number of aryl methyl sites for hydroxylation is 1. The van der Waals surface area contributed by atoms with Crippen LogP contribution < -0.4 is 10.6 Å². The number of carbonyl (C=O) groups excluding carboxylic acids is 1. The first-order chi connectivity index (χ1) is 13.0. The molecule has 0 heterocycles. The van der Waals surface area contributed by atoms with Crippen LogP contribution in [0.5, 0.6) is 0 Å². The largest absolute Gasteiger partial charge is 0.354 e. The van der Waals surface area contributed by atoms with Crippen LogP contribution in [0.4, 0.5) is 25.8 Å². The quantitative estimate of drug-likeness (QED) is 0.490. The number of rotatable bonds is 6. The molecule has 0 saturated carbocycles. The zero-order chi connectivity index (χ0) is 19.2. The molecular formula is C21H18F2N2OS. The Balaban J connectivity index is 1.84. The minimum absolute atomic E-state index is 0.277. The second-order valence-corrected chi connectivity index (χ2v) is 6.90. The van der Waals surface area contributed by atoms with Crippen molar-refractivity contribution in [2.24, 2.45) is 0 Å². The second-order valence-electron chi connectivity index (χ2n) is 5.87. The van der Waals surface area contributed by atoms with Gasteiger partial charge in [-0.2, -0.15) is 8.78 Å². The molecule has 0 aromatic heterocycles. The Morgan fingerprint density at radius 2 is 1.52 bits per heavy atom. The molecule has 3 nitrogen and oxygen atoms in total. The first-order valence-corrected chi connectivity index (χ1v) is 9.19. The predicted molar refractivity (Wildman–Crippen MR) is 107 cm³/mol. The van der Waals surface area contributed by atoms with Crippen molar-refractivity contribution in [3.05, 3.63) is 83.9 Å². The Labute approximate surface area is 160 Å². The van der Waals surface area contributed by atoms with Crippen LogP contribution in [0.3, 0.4) is 0 Å². The van der Waals surface area contributed by atoms with E-state index < -0.39 is 5.76 Å². The van der Waals surface area contributed by atoms with E-state index in [9.17, 15) is 13.6 Å². The number of halogens is 2. The van der Waals surface area contributed by atoms with Crippen molar-refractivity contribution in [2.75, 3.05) is 10.6 Å². The summed E-state index contributed by atoms with van der Waals surface area (Å²) in [4.78, 5) is 13.1. The molecule has 3 aromatic rings. The van der Waals surface area contributed by atoms with E-state index in [1.807, 2.05) is 31.2 Å². The highest BCUT2D eigenvalue weighted by atomic mass is 32.2. The van der Waals surface area contributed by atoms with E-state index in [0.717, 1.165) is 5.56 Å². The zero-order valence-corrected chi connectivity index (χ0v) is 15.4. The molecular weight excluding hydrogens is 366 g/mol. The molecule has 0 aliphatic carbocycles. The van der Waals surface area contributed by atoms with Gasteiger partial charge in [0.15, 0.2) is 0 Å². The van der Waals surface area contributed by atoms with Gasteiger partial charge in [0.2, 0.25) is 0 Å². The average molecular weight is 384 g/mol. The minimum Gasteiger partial charge on any atom is -0.354 e. The third-order valence-electron chi connectivity index (χ3n) is 3.85. The monoisotopic (exact) mass is 384 g/mol. The molecule has 0 fully saturated rings. The summed E-state index contributed by atoms with van der Waals surface area (Å²) in [6.07, 6.45) is 0. The average Bonchev–Trinajstić information content (AvgIpc) is 2.65. The molecule has 0 aliphatic rings. The SMILES string of the molecule is Cc1ccc(NC(=O)c2ccccc2Nc2ccccc2SC(F)F)cc1. The molecule has 0 aliphatic heterocycles. The van der Waals surface area contributed by atoms with Gasteiger partial charge in [0.25, 0.3) is 11.7 Å². The van der Waals surface area contributed by atoms with Crippen molar-refractivity contribution in [3.8, 4) is 0 Å². The van der Waals surface area contributed by atoms with Crippen molar-refractivity contribution < 1.29 is 13.6 Å². The second kappa shape index (κ2) is 8.68. The van der Waals surface area contributed by atoms with Crippen molar-refractivity contribution in [2.45, 2.75) is 17.6 Å². The van der Waals surface area contributed by atoms with Gasteiger partial charge in [-0.1, -0.05) is 53.7 Å². The minimum atomic E-state index is -2.52. The molecule has 2 N–H and O–H groups in total. The van der Waals surface area contributed by atoms with Crippen LogP contribution in [0.2, 0.25) is 0 Å². The lowest BCUT2D eigenvalue weighted by molar-refractivity contribution is 0.102. The maximum Gasteiger partial charge on any atom is 0.288 e. The molecule has 3 aromatic carbocycles. The fourth-order valence-corrected chi connectivity index (χ4v) is 3.13. The lowest BCUT2D eigenvalue weighted by atomic mass is 10.1. The Bertz CT molecular complexity index is 929. The van der Waals surface area contributed by atoms with Crippen LogP contribution in [0.25, 0.3) is 0 Å². The smallest absolute Gasteiger partial charge is 0.288 e. The van der Waals surface area contributed by atoms with E-state index in [1.54, 1.807) is 48.5 Å². The Morgan fingerprint density at radius 1 is 0.889 bits per heavy atom. The van der Waals surface area contributed by atoms with Gasteiger partial charge in [0, 0.05) is 10.6 Å². The molecule has 0 spiro atoms. The van der Waals surface area contributed by atoms with Crippen LogP contribution in [0.1, 0.15) is 15.9 Å². The first kappa shape index (κ1) is 18.9. The molecule has 0 atom stereocenters. The Morgan fingerprint density at radius 3 is 2.22 bits per heavy atom. The van der Waals surface area contributed by atoms with E-state index in [1.165, 1.54) is 0 Å². The van der Waals surface area contributed by atoms with E-state index >= 15 is 0 Å². The highest BCUT2D eigenvalue weighted by Crippen LogP contribution is 2.34. The summed E-state index contributed by atoms with van der Waals surface area (Å²) in [7, 11) is 0. The van der Waals surface area contributed by atoms with Crippen molar-refractivity contribution in [3.63, 3.8) is 0 Å². The van der Waals surface area contributed by atoms with Gasteiger partial charge in [-0.3, -0.25) is 4.79 Å². The number of anilines is 3. The first-order valence-electron chi connectivity index (χ1n) is 8.31. The van der Waals surface area contributed by atoms with Gasteiger partial charge in [-0.05, 0) is 43.3 Å². The van der Waals surface area contributed by atoms with Gasteiger partial charge in [0.05, 0.1) is 16.9 Å². The number of benzene rings is 3. The molecule has 1 amide bonds. The summed E-state index contributed by atoms with van der Waals surface area (Å²) in [5, 5.41) is 5.96. The van der Waals surface area contributed by atoms with Gasteiger partial charge >= 0.3 is 0 Å². The summed E-state index contributed by atoms with van der Waals surface area (Å²) >= 11 is 0.466. The topological polar surface area (TPSA) is 41.1 Å². The highest BCUT2D eigenvalue weighted by Gasteiger charge is 2.14. The molecule has 0 saturated heterocycles. The summed E-state index contributed by atoms with van der Waals surface area (Å²) in [5.74, 6) is -2.80. The molecule has 0 unspecified atom stereocenters. The number of hydrogen-bond acceptors (Lipinski definition) is 3. The number of hydrogen-bond donors (Lipinski definition) is 2. The molecule has 3 rings (SSSR count). The molecule has 27 heavy (non-hydrogen) atoms. The Hall–Kier alpha value is -2.86. The normalized spacial score (nSPS) is 10.7. The van der Waals surface area contributed by atoms with Crippen LogP contribution in [-0.2, 0) is 0 Å². The number of amides is 1. The summed E-state index contributed by atoms with van der Waals surface area (Å²) in [5.41, 5.74) is 3.29. The summed E-state index contributed by atoms with van der Waals surface area (Å²) in [6.45, 7) is 1.97. The van der Waals surface area contributed by atoms with E-state index in [4.69, 9.17) is 0 Å². The molecule has 6 heteroatoms. The summed E-state index contributed by atoms with van der Waals surface area (Å²) < 4.78 is 25.6. The van der Waals surface area contributed by atoms with Crippen LogP contribution >= 0.6 is 11.8 Å². The van der Waals surface area contributed by atoms with E-state index in [2.05, 4.69) is 10.6 Å². The fourth-order valence-electron chi connectivity index (χ4n) is 2.54. The van der Waals surface area contributed by atoms with E-state index in [0.29, 0.717) is 39.3 Å². The van der Waals surface area contributed by atoms with Crippen molar-refractivity contribution >= 4 is 34.7 Å². The van der Waals surface area contributed by atoms with E-state index in [-0.39, 0.29) is 5.91 Å². The lowest BCUT2D eigenvalue weighted by Crippen LogP contribution is -2.14. The van der Waals surface area contributed by atoms with Crippen molar-refractivity contribution in [1.29, 1.82) is 0 Å². The molecule has 0 radical (unpaired) electrons. The number of thioether (sulfide) groups is 1. The Kier molecular flexibility index (Phi) is 6.08. The number of alkyl halides is 2. The third-order valence-corrected chi connectivity index (χ3v) is 4.64. The predicted octanol–water partition coefficient (Wildman–Crippen LogP) is 6.31. The maximum absolute atomic E-state index is 12.8. The fraction of sp³-hybridized carbons (Fsp3) is 0.0952. The third kappa shape index (κ3) is 5.08. The van der Waals surface area contributed by atoms with Crippen molar-refractivity contribution in [1.82, 2.24) is 0 Å². The molecule has 0 bridgehead atoms. The zero-order valence-electron chi connectivity index (χ0n) is 14.6. The number of carbonyl (C=O) groups is 1. The standard InChI is InChI=1S/C21H18F2N2OS/c1-14-10-12-15(13-11-14)24-20(26)16-6-2-3-7-17(16)25-18-8-4-5-9-19(18)27-21(22)23/h2-13,21,25H,1H3,(H,24,26). The lowest BCUT2D eigenvalue weighted by Gasteiger charge is -2.15.